The molecule has 0 aliphatic heterocycles. The van der Waals surface area contributed by atoms with Crippen LogP contribution in [0.1, 0.15) is 30.0 Å². The quantitative estimate of drug-likeness (QED) is 0.138. The van der Waals surface area contributed by atoms with Gasteiger partial charge in [-0.25, -0.2) is 8.78 Å². The van der Waals surface area contributed by atoms with Crippen LogP contribution in [0.5, 0.6) is 5.75 Å². The molecule has 3 aromatic carbocycles. The van der Waals surface area contributed by atoms with Gasteiger partial charge < -0.3 is 15.0 Å². The SMILES string of the molecule is CC/C(=C(/c1ccc(OCCNC/C=C/C(=O)N(C)C)cc1)c1ccc2[nH]nc(F)c2c1)c1c(F)cccc1F. The van der Waals surface area contributed by atoms with Gasteiger partial charge >= 0.3 is 0 Å². The molecule has 6 nitrogen and oxygen atoms in total. The topological polar surface area (TPSA) is 70.2 Å². The number of benzene rings is 3. The molecular formula is C31H31F3N4O2. The van der Waals surface area contributed by atoms with Crippen LogP contribution in [-0.2, 0) is 4.79 Å². The van der Waals surface area contributed by atoms with E-state index < -0.39 is 17.6 Å². The number of H-pyrrole nitrogens is 1. The minimum Gasteiger partial charge on any atom is -0.492 e. The molecule has 0 saturated carbocycles. The normalized spacial score (nSPS) is 12.2. The maximum absolute atomic E-state index is 14.9. The smallest absolute Gasteiger partial charge is 0.245 e. The molecular weight excluding hydrogens is 517 g/mol. The number of carbonyl (C=O) groups is 1. The highest BCUT2D eigenvalue weighted by atomic mass is 19.1. The van der Waals surface area contributed by atoms with E-state index in [4.69, 9.17) is 4.74 Å². The Morgan fingerprint density at radius 2 is 1.73 bits per heavy atom. The Bertz CT molecular complexity index is 1520. The summed E-state index contributed by atoms with van der Waals surface area (Å²) in [7, 11) is 3.38. The van der Waals surface area contributed by atoms with Gasteiger partial charge in [-0.05, 0) is 65.1 Å². The molecule has 1 aromatic heterocycles. The lowest BCUT2D eigenvalue weighted by Crippen LogP contribution is -2.22. The number of hydrogen-bond acceptors (Lipinski definition) is 4. The van der Waals surface area contributed by atoms with Crippen LogP contribution in [0.4, 0.5) is 13.2 Å². The summed E-state index contributed by atoms with van der Waals surface area (Å²) in [6.45, 7) is 3.32. The molecule has 1 amide bonds. The molecule has 4 aromatic rings. The molecule has 0 spiro atoms. The fourth-order valence-electron chi connectivity index (χ4n) is 4.37. The van der Waals surface area contributed by atoms with Crippen molar-refractivity contribution in [1.29, 1.82) is 0 Å². The number of fused-ring (bicyclic) bond motifs is 1. The number of allylic oxidation sites excluding steroid dienone is 1. The zero-order valence-electron chi connectivity index (χ0n) is 22.6. The number of nitrogens with zero attached hydrogens (tertiary/aromatic N) is 2. The maximum Gasteiger partial charge on any atom is 0.245 e. The third-order valence-electron chi connectivity index (χ3n) is 6.38. The Hall–Kier alpha value is -4.37. The zero-order chi connectivity index (χ0) is 28.6. The molecule has 208 valence electrons. The highest BCUT2D eigenvalue weighted by Crippen LogP contribution is 2.38. The van der Waals surface area contributed by atoms with Crippen LogP contribution >= 0.6 is 0 Å². The Kier molecular flexibility index (Phi) is 9.39. The summed E-state index contributed by atoms with van der Waals surface area (Å²) in [5.74, 6) is -1.44. The molecule has 0 bridgehead atoms. The second-order valence-corrected chi connectivity index (χ2v) is 9.29. The standard InChI is InChI=1S/C31H31F3N4O2/c1-4-23(30-25(32)7-5-8-26(30)33)29(21-12-15-27-24(19-21)31(34)37-36-27)20-10-13-22(14-11-20)40-18-17-35-16-6-9-28(39)38(2)3/h5-15,19,35H,4,16-18H2,1-3H3,(H,36,37)/b9-6+,29-23+. The van der Waals surface area contributed by atoms with Crippen LogP contribution in [0.25, 0.3) is 22.0 Å². The summed E-state index contributed by atoms with van der Waals surface area (Å²) in [6.07, 6.45) is 3.59. The molecule has 4 rings (SSSR count). The molecule has 0 saturated heterocycles. The Morgan fingerprint density at radius 1 is 1.02 bits per heavy atom. The first kappa shape index (κ1) is 28.6. The summed E-state index contributed by atoms with van der Waals surface area (Å²) in [5, 5.41) is 9.72. The van der Waals surface area contributed by atoms with Crippen molar-refractivity contribution in [2.24, 2.45) is 0 Å². The summed E-state index contributed by atoms with van der Waals surface area (Å²) < 4.78 is 50.0. The molecule has 0 aliphatic carbocycles. The number of hydrogen-bond donors (Lipinski definition) is 2. The van der Waals surface area contributed by atoms with Gasteiger partial charge in [-0.2, -0.15) is 4.39 Å². The maximum atomic E-state index is 14.9. The van der Waals surface area contributed by atoms with E-state index in [1.807, 2.05) is 19.1 Å². The molecule has 0 radical (unpaired) electrons. The first-order valence-electron chi connectivity index (χ1n) is 12.9. The molecule has 2 N–H and O–H groups in total. The molecule has 0 unspecified atom stereocenters. The largest absolute Gasteiger partial charge is 0.492 e. The van der Waals surface area contributed by atoms with Crippen molar-refractivity contribution < 1.29 is 22.7 Å². The number of ether oxygens (including phenoxy) is 1. The lowest BCUT2D eigenvalue weighted by molar-refractivity contribution is -0.123. The lowest BCUT2D eigenvalue weighted by Gasteiger charge is -2.18. The van der Waals surface area contributed by atoms with E-state index in [2.05, 4.69) is 15.5 Å². The number of aromatic amines is 1. The minimum absolute atomic E-state index is 0.0784. The second kappa shape index (κ2) is 13.1. The average molecular weight is 549 g/mol. The van der Waals surface area contributed by atoms with Crippen LogP contribution in [0.2, 0.25) is 0 Å². The van der Waals surface area contributed by atoms with Crippen molar-refractivity contribution in [2.75, 3.05) is 33.8 Å². The Balaban J connectivity index is 1.59. The monoisotopic (exact) mass is 548 g/mol. The number of nitrogens with one attached hydrogen (secondary N) is 2. The van der Waals surface area contributed by atoms with Crippen LogP contribution in [0.3, 0.4) is 0 Å². The first-order chi connectivity index (χ1) is 19.3. The number of carbonyl (C=O) groups excluding carboxylic acids is 1. The van der Waals surface area contributed by atoms with Gasteiger partial charge in [0.1, 0.15) is 24.0 Å². The van der Waals surface area contributed by atoms with Crippen molar-refractivity contribution >= 4 is 28.0 Å². The zero-order valence-corrected chi connectivity index (χ0v) is 22.6. The average Bonchev–Trinajstić information content (AvgIpc) is 3.32. The minimum atomic E-state index is -0.668. The van der Waals surface area contributed by atoms with Crippen molar-refractivity contribution in [3.05, 3.63) is 107 Å². The van der Waals surface area contributed by atoms with Crippen LogP contribution in [-0.4, -0.2) is 54.8 Å². The summed E-state index contributed by atoms with van der Waals surface area (Å²) in [4.78, 5) is 13.0. The Morgan fingerprint density at radius 3 is 2.40 bits per heavy atom. The summed E-state index contributed by atoms with van der Waals surface area (Å²) in [5.41, 5.74) is 2.75. The number of rotatable bonds is 11. The number of aromatic nitrogens is 2. The summed E-state index contributed by atoms with van der Waals surface area (Å²) >= 11 is 0. The van der Waals surface area contributed by atoms with E-state index in [1.54, 1.807) is 50.5 Å². The highest BCUT2D eigenvalue weighted by molar-refractivity contribution is 6.00. The van der Waals surface area contributed by atoms with Crippen molar-refractivity contribution in [1.82, 2.24) is 20.4 Å². The molecule has 1 heterocycles. The molecule has 9 heteroatoms. The van der Waals surface area contributed by atoms with E-state index in [9.17, 15) is 18.0 Å². The van der Waals surface area contributed by atoms with Gasteiger partial charge in [0.05, 0.1) is 10.9 Å². The first-order valence-corrected chi connectivity index (χ1v) is 12.9. The van der Waals surface area contributed by atoms with E-state index in [0.29, 0.717) is 59.7 Å². The predicted octanol–water partition coefficient (Wildman–Crippen LogP) is 5.96. The van der Waals surface area contributed by atoms with Gasteiger partial charge in [-0.15, -0.1) is 5.10 Å². The van der Waals surface area contributed by atoms with E-state index >= 15 is 0 Å². The van der Waals surface area contributed by atoms with Gasteiger partial charge in [0, 0.05) is 38.8 Å². The van der Waals surface area contributed by atoms with E-state index in [1.165, 1.54) is 29.2 Å². The summed E-state index contributed by atoms with van der Waals surface area (Å²) in [6, 6.07) is 16.1. The number of amides is 1. The van der Waals surface area contributed by atoms with Crippen LogP contribution in [0.15, 0.2) is 72.8 Å². The molecule has 40 heavy (non-hydrogen) atoms. The second-order valence-electron chi connectivity index (χ2n) is 9.29. The van der Waals surface area contributed by atoms with Gasteiger partial charge in [0.2, 0.25) is 11.9 Å². The third kappa shape index (κ3) is 6.60. The number of likely N-dealkylation sites (N-methyl/N-ethyl adjacent to an activating group) is 1. The molecule has 0 atom stereocenters. The molecule has 0 fully saturated rings. The molecule has 0 aliphatic rings. The fourth-order valence-corrected chi connectivity index (χ4v) is 4.37. The Labute approximate surface area is 231 Å². The van der Waals surface area contributed by atoms with Crippen molar-refractivity contribution in [2.45, 2.75) is 13.3 Å². The van der Waals surface area contributed by atoms with Gasteiger partial charge in [-0.1, -0.05) is 37.3 Å². The lowest BCUT2D eigenvalue weighted by atomic mass is 9.87. The number of halogens is 3. The fraction of sp³-hybridized carbons (Fsp3) is 0.226. The van der Waals surface area contributed by atoms with E-state index in [0.717, 1.165) is 0 Å². The van der Waals surface area contributed by atoms with Crippen LogP contribution < -0.4 is 10.1 Å². The van der Waals surface area contributed by atoms with Gasteiger partial charge in [0.25, 0.3) is 0 Å². The van der Waals surface area contributed by atoms with Crippen molar-refractivity contribution in [3.63, 3.8) is 0 Å². The van der Waals surface area contributed by atoms with Crippen molar-refractivity contribution in [3.8, 4) is 5.75 Å². The highest BCUT2D eigenvalue weighted by Gasteiger charge is 2.20. The van der Waals surface area contributed by atoms with E-state index in [-0.39, 0.29) is 16.9 Å². The van der Waals surface area contributed by atoms with Crippen LogP contribution in [0, 0.1) is 17.6 Å². The van der Waals surface area contributed by atoms with Gasteiger partial charge in [-0.3, -0.25) is 9.89 Å². The predicted molar refractivity (Wildman–Crippen MR) is 151 cm³/mol. The van der Waals surface area contributed by atoms with Gasteiger partial charge in [0.15, 0.2) is 0 Å². The third-order valence-corrected chi connectivity index (χ3v) is 6.38.